The number of aromatic nitrogens is 1. The highest BCUT2D eigenvalue weighted by molar-refractivity contribution is 6.00. The number of alkyl halides is 2. The lowest BCUT2D eigenvalue weighted by Gasteiger charge is -2.18. The van der Waals surface area contributed by atoms with E-state index in [0.29, 0.717) is 12.8 Å². The smallest absolute Gasteiger partial charge is 0.387 e. The number of ether oxygens (including phenoxy) is 2. The summed E-state index contributed by atoms with van der Waals surface area (Å²) >= 11 is 0. The fraction of sp³-hybridized carbons (Fsp3) is 0.375. The van der Waals surface area contributed by atoms with Crippen molar-refractivity contribution in [2.24, 2.45) is 0 Å². The zero-order valence-corrected chi connectivity index (χ0v) is 13.5. The number of nitrogen functional groups attached to an aromatic ring is 1. The van der Waals surface area contributed by atoms with E-state index in [2.05, 4.69) is 4.74 Å². The number of nitrogens with zero attached hydrogens (tertiary/aromatic N) is 1. The van der Waals surface area contributed by atoms with Crippen molar-refractivity contribution in [2.45, 2.75) is 32.4 Å². The molecule has 0 radical (unpaired) electrons. The van der Waals surface area contributed by atoms with Crippen LogP contribution in [0.2, 0.25) is 0 Å². The molecular formula is C16H14F4N2O4. The molecule has 0 spiro atoms. The van der Waals surface area contributed by atoms with Gasteiger partial charge in [0.05, 0.1) is 17.7 Å². The Morgan fingerprint density at radius 2 is 2.00 bits per heavy atom. The SMILES string of the molecule is CCOC(=O)c1cn(C2CC2)c2c(OC(F)F)c(F)c(F)c(N)c2c1=O. The molecule has 0 bridgehead atoms. The second-order valence-corrected chi connectivity index (χ2v) is 5.70. The van der Waals surface area contributed by atoms with Crippen LogP contribution >= 0.6 is 0 Å². The molecule has 0 saturated heterocycles. The summed E-state index contributed by atoms with van der Waals surface area (Å²) in [6.45, 7) is -1.95. The van der Waals surface area contributed by atoms with Crippen LogP contribution in [-0.4, -0.2) is 23.8 Å². The lowest BCUT2D eigenvalue weighted by atomic mass is 10.1. The summed E-state index contributed by atoms with van der Waals surface area (Å²) in [6.07, 6.45) is 2.26. The largest absolute Gasteiger partial charge is 0.462 e. The highest BCUT2D eigenvalue weighted by atomic mass is 19.3. The Hall–Kier alpha value is -2.78. The Balaban J connectivity index is 2.45. The van der Waals surface area contributed by atoms with Gasteiger partial charge in [0.25, 0.3) is 0 Å². The van der Waals surface area contributed by atoms with E-state index < -0.39 is 57.5 Å². The third kappa shape index (κ3) is 2.85. The number of benzene rings is 1. The Labute approximate surface area is 144 Å². The van der Waals surface area contributed by atoms with Crippen LogP contribution in [-0.2, 0) is 4.74 Å². The van der Waals surface area contributed by atoms with E-state index >= 15 is 0 Å². The van der Waals surface area contributed by atoms with E-state index in [0.717, 1.165) is 6.20 Å². The van der Waals surface area contributed by atoms with E-state index in [1.165, 1.54) is 11.5 Å². The summed E-state index contributed by atoms with van der Waals surface area (Å²) in [5.41, 5.74) is 2.73. The molecule has 0 amide bonds. The van der Waals surface area contributed by atoms with Gasteiger partial charge in [-0.3, -0.25) is 4.79 Å². The van der Waals surface area contributed by atoms with Gasteiger partial charge in [0.1, 0.15) is 11.1 Å². The fourth-order valence-corrected chi connectivity index (χ4v) is 2.74. The second-order valence-electron chi connectivity index (χ2n) is 5.70. The van der Waals surface area contributed by atoms with Crippen molar-refractivity contribution in [3.05, 3.63) is 33.6 Å². The number of fused-ring (bicyclic) bond motifs is 1. The van der Waals surface area contributed by atoms with Crippen molar-refractivity contribution in [3.63, 3.8) is 0 Å². The molecule has 6 nitrogen and oxygen atoms in total. The van der Waals surface area contributed by atoms with Gasteiger partial charge in [-0.15, -0.1) is 0 Å². The molecule has 0 unspecified atom stereocenters. The quantitative estimate of drug-likeness (QED) is 0.494. The molecule has 26 heavy (non-hydrogen) atoms. The lowest BCUT2D eigenvalue weighted by Crippen LogP contribution is -2.23. The Bertz CT molecular complexity index is 954. The number of rotatable bonds is 5. The van der Waals surface area contributed by atoms with E-state index in [-0.39, 0.29) is 12.6 Å². The van der Waals surface area contributed by atoms with Crippen molar-refractivity contribution in [2.75, 3.05) is 12.3 Å². The van der Waals surface area contributed by atoms with Crippen LogP contribution in [0, 0.1) is 11.6 Å². The minimum absolute atomic E-state index is 0.0211. The van der Waals surface area contributed by atoms with E-state index in [9.17, 15) is 27.2 Å². The molecule has 0 atom stereocenters. The fourth-order valence-electron chi connectivity index (χ4n) is 2.74. The molecule has 1 aromatic carbocycles. The first-order valence-corrected chi connectivity index (χ1v) is 7.75. The van der Waals surface area contributed by atoms with Crippen LogP contribution in [0.3, 0.4) is 0 Å². The Kier molecular flexibility index (Phi) is 4.51. The van der Waals surface area contributed by atoms with Gasteiger partial charge >= 0.3 is 12.6 Å². The number of carbonyl (C=O) groups excluding carboxylic acids is 1. The maximum atomic E-state index is 14.2. The molecule has 1 fully saturated rings. The highest BCUT2D eigenvalue weighted by Gasteiger charge is 2.33. The van der Waals surface area contributed by atoms with Crippen LogP contribution < -0.4 is 15.9 Å². The zero-order valence-electron chi connectivity index (χ0n) is 13.5. The summed E-state index contributed by atoms with van der Waals surface area (Å²) < 4.78 is 63.9. The number of hydrogen-bond donors (Lipinski definition) is 1. The first kappa shape index (κ1) is 18.0. The molecule has 1 heterocycles. The molecule has 2 N–H and O–H groups in total. The van der Waals surface area contributed by atoms with Gasteiger partial charge in [-0.2, -0.15) is 13.2 Å². The maximum Gasteiger partial charge on any atom is 0.387 e. The van der Waals surface area contributed by atoms with E-state index in [4.69, 9.17) is 10.5 Å². The Morgan fingerprint density at radius 3 is 2.54 bits per heavy atom. The Morgan fingerprint density at radius 1 is 1.35 bits per heavy atom. The molecular weight excluding hydrogens is 360 g/mol. The predicted molar refractivity (Wildman–Crippen MR) is 83.4 cm³/mol. The molecule has 2 aromatic rings. The van der Waals surface area contributed by atoms with Crippen LogP contribution in [0.5, 0.6) is 5.75 Å². The third-order valence-electron chi connectivity index (χ3n) is 3.99. The van der Waals surface area contributed by atoms with Crippen LogP contribution in [0.15, 0.2) is 11.0 Å². The monoisotopic (exact) mass is 374 g/mol. The molecule has 1 aromatic heterocycles. The summed E-state index contributed by atoms with van der Waals surface area (Å²) in [5, 5.41) is -0.600. The minimum Gasteiger partial charge on any atom is -0.462 e. The summed E-state index contributed by atoms with van der Waals surface area (Å²) in [5.74, 6) is -5.53. The average Bonchev–Trinajstić information content (AvgIpc) is 3.41. The molecule has 0 aliphatic heterocycles. The number of pyridine rings is 1. The maximum absolute atomic E-state index is 14.2. The van der Waals surface area contributed by atoms with Gasteiger partial charge in [-0.05, 0) is 19.8 Å². The number of anilines is 1. The number of halogens is 4. The van der Waals surface area contributed by atoms with Crippen molar-refractivity contribution in [3.8, 4) is 5.75 Å². The van der Waals surface area contributed by atoms with Crippen molar-refractivity contribution in [1.29, 1.82) is 0 Å². The number of carbonyl (C=O) groups is 1. The molecule has 1 aliphatic carbocycles. The average molecular weight is 374 g/mol. The lowest BCUT2D eigenvalue weighted by molar-refractivity contribution is -0.0516. The third-order valence-corrected chi connectivity index (χ3v) is 3.99. The topological polar surface area (TPSA) is 83.6 Å². The molecule has 1 saturated carbocycles. The van der Waals surface area contributed by atoms with Gasteiger partial charge in [-0.25, -0.2) is 9.18 Å². The summed E-state index contributed by atoms with van der Waals surface area (Å²) in [4.78, 5) is 24.7. The standard InChI is InChI=1S/C16H14F4N2O4/c1-2-25-15(24)7-5-22(6-3-4-6)12-8(13(7)23)11(21)9(17)10(18)14(12)26-16(19)20/h5-6,16H,2-4,21H2,1H3. The molecule has 3 rings (SSSR count). The minimum atomic E-state index is -3.46. The van der Waals surface area contributed by atoms with Crippen molar-refractivity contribution in [1.82, 2.24) is 4.57 Å². The van der Waals surface area contributed by atoms with Gasteiger partial charge in [0.15, 0.2) is 11.6 Å². The normalized spacial score (nSPS) is 14.1. The van der Waals surface area contributed by atoms with E-state index in [1.54, 1.807) is 0 Å². The van der Waals surface area contributed by atoms with Crippen molar-refractivity contribution < 1.29 is 31.8 Å². The second kappa shape index (κ2) is 6.50. The van der Waals surface area contributed by atoms with E-state index in [1.807, 2.05) is 0 Å². The molecule has 140 valence electrons. The summed E-state index contributed by atoms with van der Waals surface area (Å²) in [7, 11) is 0. The highest BCUT2D eigenvalue weighted by Crippen LogP contribution is 2.42. The van der Waals surface area contributed by atoms with Crippen molar-refractivity contribution >= 4 is 22.6 Å². The predicted octanol–water partition coefficient (Wildman–Crippen LogP) is 2.97. The van der Waals surface area contributed by atoms with Crippen LogP contribution in [0.1, 0.15) is 36.2 Å². The van der Waals surface area contributed by atoms with Gasteiger partial charge in [0.2, 0.25) is 11.2 Å². The van der Waals surface area contributed by atoms with Crippen LogP contribution in [0.4, 0.5) is 23.2 Å². The van der Waals surface area contributed by atoms with Crippen LogP contribution in [0.25, 0.3) is 10.9 Å². The zero-order chi connectivity index (χ0) is 19.2. The van der Waals surface area contributed by atoms with Gasteiger partial charge < -0.3 is 19.8 Å². The first-order valence-electron chi connectivity index (χ1n) is 7.75. The van der Waals surface area contributed by atoms with Gasteiger partial charge in [0, 0.05) is 12.2 Å². The first-order chi connectivity index (χ1) is 12.3. The number of esters is 1. The number of hydrogen-bond acceptors (Lipinski definition) is 5. The summed E-state index contributed by atoms with van der Waals surface area (Å²) in [6, 6.07) is -0.296. The molecule has 10 heteroatoms. The number of nitrogens with two attached hydrogens (primary N) is 1. The molecule has 1 aliphatic rings. The van der Waals surface area contributed by atoms with Gasteiger partial charge in [-0.1, -0.05) is 0 Å².